The molecule has 0 saturated carbocycles. The van der Waals surface area contributed by atoms with Crippen LogP contribution in [0.3, 0.4) is 0 Å². The predicted molar refractivity (Wildman–Crippen MR) is 146 cm³/mol. The van der Waals surface area contributed by atoms with Crippen LogP contribution in [0.25, 0.3) is 11.1 Å². The molecule has 4 rings (SSSR count). The maximum absolute atomic E-state index is 13.8. The largest absolute Gasteiger partial charge is 0.480 e. The Morgan fingerprint density at radius 2 is 1.81 bits per heavy atom. The van der Waals surface area contributed by atoms with Crippen molar-refractivity contribution in [3.8, 4) is 23.0 Å². The predicted octanol–water partition coefficient (Wildman–Crippen LogP) is 4.51. The Morgan fingerprint density at radius 1 is 1.05 bits per heavy atom. The number of pyridine rings is 1. The first-order chi connectivity index (χ1) is 17.7. The lowest BCUT2D eigenvalue weighted by atomic mass is 9.98. The molecule has 4 N–H and O–H groups in total. The monoisotopic (exact) mass is 531 g/mol. The molecule has 0 aliphatic carbocycles. The number of aliphatic carboxylic acids is 1. The third-order valence-electron chi connectivity index (χ3n) is 5.73. The van der Waals surface area contributed by atoms with Gasteiger partial charge in [-0.3, -0.25) is 4.79 Å². The smallest absolute Gasteiger partial charge is 0.322 e. The Morgan fingerprint density at radius 3 is 2.49 bits per heavy atom. The van der Waals surface area contributed by atoms with E-state index in [4.69, 9.17) is 10.8 Å². The van der Waals surface area contributed by atoms with Crippen molar-refractivity contribution in [1.29, 1.82) is 0 Å². The number of aromatic nitrogens is 1. The van der Waals surface area contributed by atoms with Gasteiger partial charge < -0.3 is 16.2 Å². The highest BCUT2D eigenvalue weighted by molar-refractivity contribution is 7.94. The standard InChI is InChI=1S/C28H25N3O4S2/c1-2-6-20-7-3-8-23(17-20)22-14-12-21(13-15-22)18-28(29,37(34,35)27-11-5-16-36-27)24-9-4-10-25(31-24)30-19-26(32)33/h3-5,7-17H,18-19,29H2,1H3,(H,30,31)(H,32,33). The molecule has 0 fully saturated rings. The fourth-order valence-electron chi connectivity index (χ4n) is 3.89. The number of hydrogen-bond donors (Lipinski definition) is 3. The van der Waals surface area contributed by atoms with Gasteiger partial charge in [0, 0.05) is 12.0 Å². The molecule has 2 aromatic carbocycles. The van der Waals surface area contributed by atoms with E-state index >= 15 is 0 Å². The number of thiophene rings is 1. The Labute approximate surface area is 219 Å². The van der Waals surface area contributed by atoms with Crippen LogP contribution >= 0.6 is 11.3 Å². The summed E-state index contributed by atoms with van der Waals surface area (Å²) in [5.74, 6) is 5.11. The van der Waals surface area contributed by atoms with Crippen molar-refractivity contribution in [2.75, 3.05) is 11.9 Å². The van der Waals surface area contributed by atoms with Crippen LogP contribution in [0.1, 0.15) is 23.7 Å². The summed E-state index contributed by atoms with van der Waals surface area (Å²) in [6.45, 7) is 1.43. The van der Waals surface area contributed by atoms with Crippen LogP contribution in [-0.2, 0) is 25.9 Å². The molecule has 9 heteroatoms. The second kappa shape index (κ2) is 11.0. The molecule has 0 radical (unpaired) electrons. The number of sulfone groups is 1. The number of carboxylic acid groups (broad SMARTS) is 1. The lowest BCUT2D eigenvalue weighted by Gasteiger charge is -2.29. The molecular weight excluding hydrogens is 506 g/mol. The van der Waals surface area contributed by atoms with Gasteiger partial charge in [-0.05, 0) is 59.3 Å². The van der Waals surface area contributed by atoms with Gasteiger partial charge in [0.05, 0.1) is 5.69 Å². The number of nitrogens with zero attached hydrogens (tertiary/aromatic N) is 1. The van der Waals surface area contributed by atoms with Crippen molar-refractivity contribution in [1.82, 2.24) is 4.98 Å². The zero-order valence-electron chi connectivity index (χ0n) is 20.0. The summed E-state index contributed by atoms with van der Waals surface area (Å²) in [6, 6.07) is 23.3. The minimum absolute atomic E-state index is 0.0375. The zero-order chi connectivity index (χ0) is 26.5. The van der Waals surface area contributed by atoms with Crippen LogP contribution in [0.4, 0.5) is 5.82 Å². The third-order valence-corrected chi connectivity index (χ3v) is 9.32. The molecular formula is C28H25N3O4S2. The van der Waals surface area contributed by atoms with Crippen LogP contribution in [0, 0.1) is 11.8 Å². The second-order valence-corrected chi connectivity index (χ2v) is 11.7. The number of rotatable bonds is 9. The van der Waals surface area contributed by atoms with Crippen LogP contribution in [0.5, 0.6) is 0 Å². The molecule has 2 heterocycles. The summed E-state index contributed by atoms with van der Waals surface area (Å²) >= 11 is 1.09. The van der Waals surface area contributed by atoms with Gasteiger partial charge in [0.2, 0.25) is 9.84 Å². The molecule has 0 bridgehead atoms. The Kier molecular flexibility index (Phi) is 7.74. The molecule has 4 aromatic rings. The number of carboxylic acids is 1. The van der Waals surface area contributed by atoms with E-state index in [1.807, 2.05) is 48.5 Å². The molecule has 0 spiro atoms. The van der Waals surface area contributed by atoms with E-state index in [-0.39, 0.29) is 28.7 Å². The van der Waals surface area contributed by atoms with E-state index in [1.165, 1.54) is 6.07 Å². The second-order valence-electron chi connectivity index (χ2n) is 8.31. The average molecular weight is 532 g/mol. The van der Waals surface area contributed by atoms with E-state index in [9.17, 15) is 13.2 Å². The van der Waals surface area contributed by atoms with Crippen molar-refractivity contribution in [2.24, 2.45) is 5.73 Å². The quantitative estimate of drug-likeness (QED) is 0.272. The van der Waals surface area contributed by atoms with Crippen LogP contribution < -0.4 is 11.1 Å². The first kappa shape index (κ1) is 26.1. The summed E-state index contributed by atoms with van der Waals surface area (Å²) in [6.07, 6.45) is -0.0375. The van der Waals surface area contributed by atoms with E-state index in [1.54, 1.807) is 36.6 Å². The maximum Gasteiger partial charge on any atom is 0.322 e. The molecule has 1 atom stereocenters. The van der Waals surface area contributed by atoms with Crippen LogP contribution in [-0.4, -0.2) is 31.0 Å². The van der Waals surface area contributed by atoms with Crippen molar-refractivity contribution < 1.29 is 18.3 Å². The maximum atomic E-state index is 13.8. The van der Waals surface area contributed by atoms with Gasteiger partial charge in [-0.2, -0.15) is 0 Å². The van der Waals surface area contributed by atoms with Crippen LogP contribution in [0.2, 0.25) is 0 Å². The van der Waals surface area contributed by atoms with E-state index < -0.39 is 20.7 Å². The molecule has 7 nitrogen and oxygen atoms in total. The van der Waals surface area contributed by atoms with Crippen molar-refractivity contribution in [3.05, 3.63) is 101 Å². The molecule has 0 aliphatic rings. The van der Waals surface area contributed by atoms with Crippen LogP contribution in [0.15, 0.2) is 88.5 Å². The van der Waals surface area contributed by atoms with Gasteiger partial charge in [-0.15, -0.1) is 17.3 Å². The van der Waals surface area contributed by atoms with Gasteiger partial charge >= 0.3 is 5.97 Å². The summed E-state index contributed by atoms with van der Waals surface area (Å²) in [7, 11) is -4.06. The van der Waals surface area contributed by atoms with Gasteiger partial charge in [-0.25, -0.2) is 13.4 Å². The third kappa shape index (κ3) is 5.73. The molecule has 2 aromatic heterocycles. The Bertz CT molecular complexity index is 1570. The number of anilines is 1. The lowest BCUT2D eigenvalue weighted by molar-refractivity contribution is -0.134. The topological polar surface area (TPSA) is 122 Å². The minimum Gasteiger partial charge on any atom is -0.480 e. The van der Waals surface area contributed by atoms with E-state index in [2.05, 4.69) is 22.1 Å². The number of benzene rings is 2. The average Bonchev–Trinajstić information content (AvgIpc) is 3.44. The highest BCUT2D eigenvalue weighted by atomic mass is 32.2. The first-order valence-electron chi connectivity index (χ1n) is 11.4. The van der Waals surface area contributed by atoms with E-state index in [0.29, 0.717) is 5.56 Å². The highest BCUT2D eigenvalue weighted by Crippen LogP contribution is 2.36. The minimum atomic E-state index is -4.06. The van der Waals surface area contributed by atoms with E-state index in [0.717, 1.165) is 28.0 Å². The fourth-order valence-corrected chi connectivity index (χ4v) is 6.82. The summed E-state index contributed by atoms with van der Waals surface area (Å²) in [5, 5.41) is 13.3. The Hall–Kier alpha value is -3.97. The first-order valence-corrected chi connectivity index (χ1v) is 13.7. The molecule has 1 unspecified atom stereocenters. The molecule has 37 heavy (non-hydrogen) atoms. The number of carbonyl (C=O) groups is 1. The summed E-state index contributed by atoms with van der Waals surface area (Å²) < 4.78 is 27.7. The normalized spacial score (nSPS) is 12.7. The number of nitrogens with one attached hydrogen (secondary N) is 1. The molecule has 188 valence electrons. The molecule has 0 saturated heterocycles. The number of hydrogen-bond acceptors (Lipinski definition) is 7. The summed E-state index contributed by atoms with van der Waals surface area (Å²) in [5.41, 5.74) is 10.4. The highest BCUT2D eigenvalue weighted by Gasteiger charge is 2.45. The zero-order valence-corrected chi connectivity index (χ0v) is 21.6. The van der Waals surface area contributed by atoms with Gasteiger partial charge in [-0.1, -0.05) is 54.5 Å². The SMILES string of the molecule is CC#Cc1cccc(-c2ccc(CC(N)(c3cccc(NCC(=O)O)n3)S(=O)(=O)c3cccs3)cc2)c1. The van der Waals surface area contributed by atoms with Gasteiger partial charge in [0.1, 0.15) is 16.6 Å². The van der Waals surface area contributed by atoms with Crippen molar-refractivity contribution in [2.45, 2.75) is 22.4 Å². The van der Waals surface area contributed by atoms with Gasteiger partial charge in [0.25, 0.3) is 0 Å². The number of nitrogens with two attached hydrogens (primary N) is 1. The van der Waals surface area contributed by atoms with Crippen molar-refractivity contribution in [3.63, 3.8) is 0 Å². The van der Waals surface area contributed by atoms with Crippen molar-refractivity contribution >= 4 is 33.0 Å². The molecule has 0 aliphatic heterocycles. The van der Waals surface area contributed by atoms with Gasteiger partial charge in [0.15, 0.2) is 4.87 Å². The lowest BCUT2D eigenvalue weighted by Crippen LogP contribution is -2.47. The Balaban J connectivity index is 1.72. The fraction of sp³-hybridized carbons (Fsp3) is 0.143. The summed E-state index contributed by atoms with van der Waals surface area (Å²) in [4.78, 5) is 13.5. The molecule has 0 amide bonds.